The number of halogens is 3. The minimum Gasteiger partial charge on any atom is -0.189 e. The summed E-state index contributed by atoms with van der Waals surface area (Å²) in [6.07, 6.45) is 0. The normalized spacial score (nSPS) is 11.7. The first kappa shape index (κ1) is 11.1. The quantitative estimate of drug-likeness (QED) is 0.741. The second-order valence-corrected chi connectivity index (χ2v) is 5.49. The molecule has 0 saturated heterocycles. The molecule has 1 aromatic carbocycles. The molecule has 0 aliphatic rings. The average molecular weight is 332 g/mol. The molecule has 0 saturated carbocycles. The first-order valence-electron chi connectivity index (χ1n) is 3.22. The van der Waals surface area contributed by atoms with Crippen LogP contribution in [0.25, 0.3) is 0 Å². The van der Waals surface area contributed by atoms with Crippen LogP contribution >= 0.6 is 31.9 Å². The first-order valence-corrected chi connectivity index (χ1v) is 6.19. The van der Waals surface area contributed by atoms with E-state index in [1.165, 1.54) is 12.1 Å². The van der Waals surface area contributed by atoms with Gasteiger partial charge < -0.3 is 0 Å². The average Bonchev–Trinajstić information content (AvgIpc) is 1.94. The molecule has 0 fully saturated rings. The Hall–Kier alpha value is 0.0600. The van der Waals surface area contributed by atoms with Crippen molar-refractivity contribution in [3.05, 3.63) is 26.6 Å². The maximum absolute atomic E-state index is 12.6. The molecule has 0 bridgehead atoms. The SMILES string of the molecule is Cc1cc(Br)c(S(=O)(=O)F)cc1Br. The third-order valence-electron chi connectivity index (χ3n) is 1.48. The fraction of sp³-hybridized carbons (Fsp3) is 0.143. The van der Waals surface area contributed by atoms with Gasteiger partial charge >= 0.3 is 10.2 Å². The van der Waals surface area contributed by atoms with Crippen molar-refractivity contribution in [1.29, 1.82) is 0 Å². The van der Waals surface area contributed by atoms with E-state index in [0.717, 1.165) is 5.56 Å². The Morgan fingerprint density at radius 1 is 1.23 bits per heavy atom. The predicted octanol–water partition coefficient (Wildman–Crippen LogP) is 3.18. The fourth-order valence-electron chi connectivity index (χ4n) is 0.815. The summed E-state index contributed by atoms with van der Waals surface area (Å²) in [7, 11) is -4.65. The molecule has 0 amide bonds. The van der Waals surface area contributed by atoms with Gasteiger partial charge in [0.25, 0.3) is 0 Å². The molecule has 13 heavy (non-hydrogen) atoms. The highest BCUT2D eigenvalue weighted by molar-refractivity contribution is 9.11. The Bertz CT molecular complexity index is 442. The fourth-order valence-corrected chi connectivity index (χ4v) is 2.90. The summed E-state index contributed by atoms with van der Waals surface area (Å²) < 4.78 is 34.6. The van der Waals surface area contributed by atoms with E-state index in [1.807, 2.05) is 0 Å². The van der Waals surface area contributed by atoms with Gasteiger partial charge in [0.05, 0.1) is 0 Å². The zero-order valence-corrected chi connectivity index (χ0v) is 10.5. The van der Waals surface area contributed by atoms with E-state index >= 15 is 0 Å². The molecule has 0 radical (unpaired) electrons. The van der Waals surface area contributed by atoms with Crippen LogP contribution in [0.3, 0.4) is 0 Å². The molecule has 72 valence electrons. The van der Waals surface area contributed by atoms with Crippen molar-refractivity contribution < 1.29 is 12.3 Å². The van der Waals surface area contributed by atoms with Crippen LogP contribution in [0, 0.1) is 6.92 Å². The van der Waals surface area contributed by atoms with Crippen LogP contribution in [-0.2, 0) is 10.2 Å². The van der Waals surface area contributed by atoms with E-state index < -0.39 is 10.2 Å². The van der Waals surface area contributed by atoms with E-state index in [4.69, 9.17) is 0 Å². The van der Waals surface area contributed by atoms with Crippen molar-refractivity contribution in [1.82, 2.24) is 0 Å². The van der Waals surface area contributed by atoms with Gasteiger partial charge in [0.2, 0.25) is 0 Å². The third kappa shape index (κ3) is 2.51. The van der Waals surface area contributed by atoms with Gasteiger partial charge in [-0.05, 0) is 40.5 Å². The predicted molar refractivity (Wildman–Crippen MR) is 54.9 cm³/mol. The zero-order chi connectivity index (χ0) is 10.2. The minimum absolute atomic E-state index is 0.232. The molecule has 0 aromatic heterocycles. The van der Waals surface area contributed by atoms with Gasteiger partial charge in [-0.15, -0.1) is 3.89 Å². The summed E-state index contributed by atoms with van der Waals surface area (Å²) >= 11 is 6.10. The Morgan fingerprint density at radius 2 is 1.77 bits per heavy atom. The van der Waals surface area contributed by atoms with Crippen molar-refractivity contribution in [3.63, 3.8) is 0 Å². The summed E-state index contributed by atoms with van der Waals surface area (Å²) in [6, 6.07) is 2.77. The standard InChI is InChI=1S/C7H5Br2FO2S/c1-4-2-6(9)7(3-5(4)8)13(10,11)12/h2-3H,1H3. The molecular weight excluding hydrogens is 327 g/mol. The van der Waals surface area contributed by atoms with Crippen LogP contribution in [0.2, 0.25) is 0 Å². The molecule has 0 spiro atoms. The molecule has 0 aliphatic heterocycles. The lowest BCUT2D eigenvalue weighted by molar-refractivity contribution is 0.551. The van der Waals surface area contributed by atoms with Gasteiger partial charge in [0.15, 0.2) is 0 Å². The zero-order valence-electron chi connectivity index (χ0n) is 6.51. The van der Waals surface area contributed by atoms with Gasteiger partial charge in [0.1, 0.15) is 4.90 Å². The Morgan fingerprint density at radius 3 is 2.23 bits per heavy atom. The largest absolute Gasteiger partial charge is 0.333 e. The van der Waals surface area contributed by atoms with Crippen LogP contribution < -0.4 is 0 Å². The van der Waals surface area contributed by atoms with Crippen molar-refractivity contribution in [2.75, 3.05) is 0 Å². The molecule has 0 N–H and O–H groups in total. The van der Waals surface area contributed by atoms with E-state index in [-0.39, 0.29) is 9.37 Å². The number of hydrogen-bond donors (Lipinski definition) is 0. The van der Waals surface area contributed by atoms with E-state index in [9.17, 15) is 12.3 Å². The van der Waals surface area contributed by atoms with Crippen molar-refractivity contribution in [2.24, 2.45) is 0 Å². The maximum atomic E-state index is 12.6. The van der Waals surface area contributed by atoms with Crippen LogP contribution in [0.15, 0.2) is 26.0 Å². The Kier molecular flexibility index (Phi) is 3.14. The summed E-state index contributed by atoms with van der Waals surface area (Å²) in [5, 5.41) is 0. The van der Waals surface area contributed by atoms with Crippen molar-refractivity contribution in [3.8, 4) is 0 Å². The van der Waals surface area contributed by atoms with E-state index in [0.29, 0.717) is 4.47 Å². The lowest BCUT2D eigenvalue weighted by Gasteiger charge is -2.02. The number of hydrogen-bond acceptors (Lipinski definition) is 2. The summed E-state index contributed by atoms with van der Waals surface area (Å²) in [6.45, 7) is 1.78. The lowest BCUT2D eigenvalue weighted by Crippen LogP contribution is -1.94. The van der Waals surface area contributed by atoms with Gasteiger partial charge in [-0.25, -0.2) is 0 Å². The van der Waals surface area contributed by atoms with Crippen molar-refractivity contribution >= 4 is 42.1 Å². The number of benzene rings is 1. The van der Waals surface area contributed by atoms with Crippen LogP contribution in [-0.4, -0.2) is 8.42 Å². The monoisotopic (exact) mass is 330 g/mol. The molecule has 6 heteroatoms. The minimum atomic E-state index is -4.65. The highest BCUT2D eigenvalue weighted by Gasteiger charge is 2.17. The molecule has 0 heterocycles. The molecule has 0 aliphatic carbocycles. The van der Waals surface area contributed by atoms with Gasteiger partial charge in [-0.3, -0.25) is 0 Å². The molecule has 0 atom stereocenters. The highest BCUT2D eigenvalue weighted by Crippen LogP contribution is 2.29. The molecule has 1 rings (SSSR count). The van der Waals surface area contributed by atoms with Crippen LogP contribution in [0.5, 0.6) is 0 Å². The van der Waals surface area contributed by atoms with E-state index in [2.05, 4.69) is 31.9 Å². The second-order valence-electron chi connectivity index (χ2n) is 2.47. The summed E-state index contributed by atoms with van der Waals surface area (Å²) in [4.78, 5) is -0.357. The van der Waals surface area contributed by atoms with Crippen LogP contribution in [0.4, 0.5) is 3.89 Å². The van der Waals surface area contributed by atoms with Gasteiger partial charge in [-0.1, -0.05) is 15.9 Å². The first-order chi connectivity index (χ1) is 5.82. The Labute approximate surface area is 92.6 Å². The second kappa shape index (κ2) is 3.67. The van der Waals surface area contributed by atoms with E-state index in [1.54, 1.807) is 6.92 Å². The van der Waals surface area contributed by atoms with Crippen LogP contribution in [0.1, 0.15) is 5.56 Å². The molecular formula is C7H5Br2FO2S. The Balaban J connectivity index is 3.50. The summed E-state index contributed by atoms with van der Waals surface area (Å²) in [5.41, 5.74) is 0.833. The molecule has 0 unspecified atom stereocenters. The molecule has 2 nitrogen and oxygen atoms in total. The number of rotatable bonds is 1. The lowest BCUT2D eigenvalue weighted by atomic mass is 10.2. The summed E-state index contributed by atoms with van der Waals surface area (Å²) in [5.74, 6) is 0. The van der Waals surface area contributed by atoms with Gasteiger partial charge in [0, 0.05) is 8.95 Å². The smallest absolute Gasteiger partial charge is 0.189 e. The third-order valence-corrected chi connectivity index (χ3v) is 4.11. The topological polar surface area (TPSA) is 34.1 Å². The maximum Gasteiger partial charge on any atom is 0.333 e. The highest BCUT2D eigenvalue weighted by atomic mass is 79.9. The van der Waals surface area contributed by atoms with Crippen molar-refractivity contribution in [2.45, 2.75) is 11.8 Å². The number of aryl methyl sites for hydroxylation is 1. The molecule has 1 aromatic rings. The van der Waals surface area contributed by atoms with Gasteiger partial charge in [-0.2, -0.15) is 8.42 Å².